The second-order valence-electron chi connectivity index (χ2n) is 4.24. The Labute approximate surface area is 112 Å². The molecule has 0 bridgehead atoms. The first-order valence-corrected chi connectivity index (χ1v) is 6.11. The standard InChI is InChI=1S/C15H13ClN2/c1-10-13(8-12-6-4-3-5-7-12)11(2)18-15(16)14(10)9-17/h3-7H,8H2,1-2H3. The molecule has 0 fully saturated rings. The fourth-order valence-electron chi connectivity index (χ4n) is 2.04. The van der Waals surface area contributed by atoms with Crippen LogP contribution in [0.2, 0.25) is 5.15 Å². The van der Waals surface area contributed by atoms with Crippen molar-refractivity contribution in [2.45, 2.75) is 20.3 Å². The van der Waals surface area contributed by atoms with Gasteiger partial charge in [0.1, 0.15) is 11.2 Å². The summed E-state index contributed by atoms with van der Waals surface area (Å²) < 4.78 is 0. The Kier molecular flexibility index (Phi) is 3.64. The van der Waals surface area contributed by atoms with Gasteiger partial charge >= 0.3 is 0 Å². The summed E-state index contributed by atoms with van der Waals surface area (Å²) in [5.41, 5.74) is 4.59. The number of nitriles is 1. The normalized spacial score (nSPS) is 10.1. The van der Waals surface area contributed by atoms with E-state index < -0.39 is 0 Å². The maximum atomic E-state index is 9.11. The smallest absolute Gasteiger partial charge is 0.147 e. The van der Waals surface area contributed by atoms with Gasteiger partial charge in [-0.1, -0.05) is 41.9 Å². The van der Waals surface area contributed by atoms with Gasteiger partial charge in [0.15, 0.2) is 0 Å². The second kappa shape index (κ2) is 5.20. The minimum Gasteiger partial charge on any atom is -0.240 e. The van der Waals surface area contributed by atoms with Crippen molar-refractivity contribution in [1.82, 2.24) is 4.98 Å². The largest absolute Gasteiger partial charge is 0.240 e. The van der Waals surface area contributed by atoms with Crippen molar-refractivity contribution in [1.29, 1.82) is 5.26 Å². The van der Waals surface area contributed by atoms with E-state index in [1.54, 1.807) is 0 Å². The molecule has 0 unspecified atom stereocenters. The van der Waals surface area contributed by atoms with Crippen LogP contribution in [0.3, 0.4) is 0 Å². The van der Waals surface area contributed by atoms with Crippen LogP contribution in [0.5, 0.6) is 0 Å². The molecule has 0 aliphatic heterocycles. The minimum atomic E-state index is 0.296. The number of aromatic nitrogens is 1. The number of rotatable bonds is 2. The van der Waals surface area contributed by atoms with Crippen LogP contribution in [-0.4, -0.2) is 4.98 Å². The van der Waals surface area contributed by atoms with Gasteiger partial charge in [-0.25, -0.2) is 4.98 Å². The van der Waals surface area contributed by atoms with Crippen molar-refractivity contribution < 1.29 is 0 Å². The van der Waals surface area contributed by atoms with E-state index in [0.29, 0.717) is 10.7 Å². The predicted octanol–water partition coefficient (Wildman–Crippen LogP) is 3.81. The Hall–Kier alpha value is -1.85. The lowest BCUT2D eigenvalue weighted by atomic mass is 9.97. The average Bonchev–Trinajstić information content (AvgIpc) is 2.36. The lowest BCUT2D eigenvalue weighted by Crippen LogP contribution is -2.02. The van der Waals surface area contributed by atoms with Gasteiger partial charge in [-0.3, -0.25) is 0 Å². The summed E-state index contributed by atoms with van der Waals surface area (Å²) in [4.78, 5) is 4.24. The zero-order valence-electron chi connectivity index (χ0n) is 10.4. The lowest BCUT2D eigenvalue weighted by Gasteiger charge is -2.11. The van der Waals surface area contributed by atoms with Crippen LogP contribution in [0.25, 0.3) is 0 Å². The summed E-state index contributed by atoms with van der Waals surface area (Å²) in [6.45, 7) is 3.86. The molecule has 0 atom stereocenters. The van der Waals surface area contributed by atoms with Gasteiger partial charge in [0.25, 0.3) is 0 Å². The second-order valence-corrected chi connectivity index (χ2v) is 4.60. The number of hydrogen-bond acceptors (Lipinski definition) is 2. The lowest BCUT2D eigenvalue weighted by molar-refractivity contribution is 1.04. The maximum absolute atomic E-state index is 9.11. The number of nitrogens with zero attached hydrogens (tertiary/aromatic N) is 2. The molecule has 0 saturated carbocycles. The van der Waals surface area contributed by atoms with Crippen molar-refractivity contribution in [3.8, 4) is 6.07 Å². The monoisotopic (exact) mass is 256 g/mol. The number of hydrogen-bond donors (Lipinski definition) is 0. The van der Waals surface area contributed by atoms with Crippen LogP contribution < -0.4 is 0 Å². The molecule has 2 aromatic rings. The van der Waals surface area contributed by atoms with E-state index in [4.69, 9.17) is 16.9 Å². The molecule has 0 amide bonds. The molecule has 0 radical (unpaired) electrons. The number of halogens is 1. The first kappa shape index (κ1) is 12.6. The van der Waals surface area contributed by atoms with Crippen LogP contribution in [0, 0.1) is 25.2 Å². The van der Waals surface area contributed by atoms with Gasteiger partial charge in [-0.2, -0.15) is 5.26 Å². The molecule has 0 aliphatic carbocycles. The molecule has 90 valence electrons. The molecule has 1 aromatic carbocycles. The molecular formula is C15H13ClN2. The highest BCUT2D eigenvalue weighted by Gasteiger charge is 2.13. The van der Waals surface area contributed by atoms with E-state index in [-0.39, 0.29) is 0 Å². The van der Waals surface area contributed by atoms with E-state index in [1.807, 2.05) is 32.0 Å². The molecule has 0 aliphatic rings. The summed E-state index contributed by atoms with van der Waals surface area (Å²) in [5.74, 6) is 0. The fourth-order valence-corrected chi connectivity index (χ4v) is 2.35. The SMILES string of the molecule is Cc1nc(Cl)c(C#N)c(C)c1Cc1ccccc1. The molecule has 18 heavy (non-hydrogen) atoms. The van der Waals surface area contributed by atoms with Crippen LogP contribution in [-0.2, 0) is 6.42 Å². The molecule has 0 N–H and O–H groups in total. The van der Waals surface area contributed by atoms with E-state index in [9.17, 15) is 0 Å². The van der Waals surface area contributed by atoms with Gasteiger partial charge in [-0.05, 0) is 37.0 Å². The Morgan fingerprint density at radius 1 is 1.22 bits per heavy atom. The van der Waals surface area contributed by atoms with Crippen molar-refractivity contribution in [2.75, 3.05) is 0 Å². The third-order valence-electron chi connectivity index (χ3n) is 3.07. The van der Waals surface area contributed by atoms with Crippen molar-refractivity contribution in [3.63, 3.8) is 0 Å². The highest BCUT2D eigenvalue weighted by Crippen LogP contribution is 2.24. The van der Waals surface area contributed by atoms with Crippen LogP contribution in [0.15, 0.2) is 30.3 Å². The molecule has 2 nitrogen and oxygen atoms in total. The zero-order valence-corrected chi connectivity index (χ0v) is 11.1. The Morgan fingerprint density at radius 3 is 2.50 bits per heavy atom. The van der Waals surface area contributed by atoms with Gasteiger partial charge in [-0.15, -0.1) is 0 Å². The first-order valence-electron chi connectivity index (χ1n) is 5.73. The molecule has 2 rings (SSSR count). The minimum absolute atomic E-state index is 0.296. The molecule has 0 saturated heterocycles. The van der Waals surface area contributed by atoms with Gasteiger partial charge in [0.05, 0.1) is 5.56 Å². The number of pyridine rings is 1. The van der Waals surface area contributed by atoms with Crippen LogP contribution in [0.1, 0.15) is 27.9 Å². The Balaban J connectivity index is 2.49. The Morgan fingerprint density at radius 2 is 1.89 bits per heavy atom. The number of benzene rings is 1. The Bertz CT molecular complexity index is 613. The summed E-state index contributed by atoms with van der Waals surface area (Å²) in [6, 6.07) is 12.3. The first-order chi connectivity index (χ1) is 8.63. The highest BCUT2D eigenvalue weighted by molar-refractivity contribution is 6.30. The van der Waals surface area contributed by atoms with Crippen molar-refractivity contribution in [3.05, 3.63) is 63.4 Å². The maximum Gasteiger partial charge on any atom is 0.147 e. The summed E-state index contributed by atoms with van der Waals surface area (Å²) >= 11 is 5.98. The van der Waals surface area contributed by atoms with E-state index >= 15 is 0 Å². The molecule has 3 heteroatoms. The molecule has 1 heterocycles. The van der Waals surface area contributed by atoms with Gasteiger partial charge < -0.3 is 0 Å². The molecule has 1 aromatic heterocycles. The fraction of sp³-hybridized carbons (Fsp3) is 0.200. The van der Waals surface area contributed by atoms with E-state index in [2.05, 4.69) is 23.2 Å². The van der Waals surface area contributed by atoms with Crippen LogP contribution in [0.4, 0.5) is 0 Å². The topological polar surface area (TPSA) is 36.7 Å². The average molecular weight is 257 g/mol. The summed E-state index contributed by atoms with van der Waals surface area (Å²) in [5, 5.41) is 9.40. The van der Waals surface area contributed by atoms with Gasteiger partial charge in [0, 0.05) is 5.69 Å². The zero-order chi connectivity index (χ0) is 13.1. The molecule has 0 spiro atoms. The van der Waals surface area contributed by atoms with Crippen LogP contribution >= 0.6 is 11.6 Å². The predicted molar refractivity (Wildman–Crippen MR) is 72.7 cm³/mol. The van der Waals surface area contributed by atoms with Gasteiger partial charge in [0.2, 0.25) is 0 Å². The molecular weight excluding hydrogens is 244 g/mol. The quantitative estimate of drug-likeness (QED) is 0.766. The highest BCUT2D eigenvalue weighted by atomic mass is 35.5. The van der Waals surface area contributed by atoms with Crippen molar-refractivity contribution >= 4 is 11.6 Å². The third kappa shape index (κ3) is 2.37. The van der Waals surface area contributed by atoms with E-state index in [0.717, 1.165) is 23.2 Å². The summed E-state index contributed by atoms with van der Waals surface area (Å²) in [7, 11) is 0. The number of aryl methyl sites for hydroxylation is 1. The summed E-state index contributed by atoms with van der Waals surface area (Å²) in [6.07, 6.45) is 0.775. The van der Waals surface area contributed by atoms with Crippen molar-refractivity contribution in [2.24, 2.45) is 0 Å². The third-order valence-corrected chi connectivity index (χ3v) is 3.35. The van der Waals surface area contributed by atoms with E-state index in [1.165, 1.54) is 5.56 Å².